The van der Waals surface area contributed by atoms with E-state index in [0.717, 1.165) is 11.8 Å². The first-order chi connectivity index (χ1) is 14.0. The lowest BCUT2D eigenvalue weighted by Crippen LogP contribution is -2.23. The number of halogens is 1. The summed E-state index contributed by atoms with van der Waals surface area (Å²) < 4.78 is 6.37. The van der Waals surface area contributed by atoms with Gasteiger partial charge in [0, 0.05) is 6.07 Å². The summed E-state index contributed by atoms with van der Waals surface area (Å²) in [5, 5.41) is 7.64. The van der Waals surface area contributed by atoms with Crippen molar-refractivity contribution in [3.05, 3.63) is 75.7 Å². The lowest BCUT2D eigenvalue weighted by atomic mass is 10.2. The van der Waals surface area contributed by atoms with Gasteiger partial charge in [-0.05, 0) is 31.2 Å². The van der Waals surface area contributed by atoms with E-state index in [1.165, 1.54) is 4.57 Å². The molecule has 9 heteroatoms. The molecule has 29 heavy (non-hydrogen) atoms. The van der Waals surface area contributed by atoms with Crippen LogP contribution in [0.15, 0.2) is 69.1 Å². The highest BCUT2D eigenvalue weighted by atomic mass is 35.5. The van der Waals surface area contributed by atoms with Crippen LogP contribution in [0.25, 0.3) is 16.6 Å². The molecule has 0 aliphatic heterocycles. The number of carbonyl (C=O) groups is 1. The van der Waals surface area contributed by atoms with Crippen molar-refractivity contribution < 1.29 is 9.32 Å². The van der Waals surface area contributed by atoms with Crippen molar-refractivity contribution in [1.29, 1.82) is 0 Å². The molecule has 1 N–H and O–H groups in total. The molecule has 0 bridgehead atoms. The number of rotatable bonds is 5. The zero-order valence-corrected chi connectivity index (χ0v) is 16.8. The molecule has 4 aromatic rings. The van der Waals surface area contributed by atoms with Gasteiger partial charge < -0.3 is 9.84 Å². The van der Waals surface area contributed by atoms with Gasteiger partial charge in [-0.2, -0.15) is 0 Å². The van der Waals surface area contributed by atoms with Crippen molar-refractivity contribution >= 4 is 46.0 Å². The van der Waals surface area contributed by atoms with Crippen LogP contribution >= 0.6 is 23.4 Å². The Morgan fingerprint density at radius 1 is 1.21 bits per heavy atom. The molecule has 0 aliphatic carbocycles. The van der Waals surface area contributed by atoms with Gasteiger partial charge in [-0.3, -0.25) is 14.2 Å². The molecule has 0 radical (unpaired) electrons. The second-order valence-corrected chi connectivity index (χ2v) is 7.51. The van der Waals surface area contributed by atoms with Crippen LogP contribution in [0.4, 0.5) is 5.82 Å². The van der Waals surface area contributed by atoms with E-state index in [-0.39, 0.29) is 17.2 Å². The fraction of sp³-hybridized carbons (Fsp3) is 0.100. The van der Waals surface area contributed by atoms with Gasteiger partial charge in [0.2, 0.25) is 5.91 Å². The number of nitrogens with one attached hydrogen (secondary N) is 1. The number of aryl methyl sites for hydroxylation is 1. The summed E-state index contributed by atoms with van der Waals surface area (Å²) in [4.78, 5) is 30.1. The minimum Gasteiger partial charge on any atom is -0.360 e. The van der Waals surface area contributed by atoms with Gasteiger partial charge >= 0.3 is 0 Å². The van der Waals surface area contributed by atoms with E-state index in [9.17, 15) is 9.59 Å². The summed E-state index contributed by atoms with van der Waals surface area (Å²) >= 11 is 7.47. The average Bonchev–Trinajstić information content (AvgIpc) is 3.12. The first-order valence-corrected chi connectivity index (χ1v) is 10.0. The predicted molar refractivity (Wildman–Crippen MR) is 113 cm³/mol. The number of para-hydroxylation sites is 2. The number of hydrogen-bond donors (Lipinski definition) is 1. The molecule has 2 aromatic heterocycles. The zero-order valence-electron chi connectivity index (χ0n) is 15.3. The van der Waals surface area contributed by atoms with Gasteiger partial charge in [-0.15, -0.1) is 0 Å². The standard InChI is InChI=1S/C20H15ClN4O3S/c1-12-10-17(24-28-12)23-18(26)11-29-20-22-15-8-4-2-6-13(15)19(27)25(20)16-9-5-3-7-14(16)21/h2-10H,11H2,1H3,(H,23,24,26). The Balaban J connectivity index is 1.71. The van der Waals surface area contributed by atoms with Gasteiger partial charge in [-0.25, -0.2) is 4.98 Å². The number of anilines is 1. The number of fused-ring (bicyclic) bond motifs is 1. The van der Waals surface area contributed by atoms with Crippen molar-refractivity contribution in [3.8, 4) is 5.69 Å². The van der Waals surface area contributed by atoms with E-state index in [1.807, 2.05) is 6.07 Å². The Morgan fingerprint density at radius 2 is 1.97 bits per heavy atom. The van der Waals surface area contributed by atoms with E-state index >= 15 is 0 Å². The molecule has 4 rings (SSSR count). The second-order valence-electron chi connectivity index (χ2n) is 6.16. The van der Waals surface area contributed by atoms with Crippen LogP contribution in [0, 0.1) is 6.92 Å². The van der Waals surface area contributed by atoms with E-state index in [1.54, 1.807) is 55.5 Å². The van der Waals surface area contributed by atoms with Crippen LogP contribution in [0.1, 0.15) is 5.76 Å². The maximum atomic E-state index is 13.2. The van der Waals surface area contributed by atoms with Crippen molar-refractivity contribution in [2.75, 3.05) is 11.1 Å². The highest BCUT2D eigenvalue weighted by molar-refractivity contribution is 7.99. The number of carbonyl (C=O) groups excluding carboxylic acids is 1. The van der Waals surface area contributed by atoms with E-state index in [2.05, 4.69) is 15.5 Å². The summed E-state index contributed by atoms with van der Waals surface area (Å²) in [6.45, 7) is 1.73. The highest BCUT2D eigenvalue weighted by Gasteiger charge is 2.17. The third-order valence-electron chi connectivity index (χ3n) is 4.07. The molecular weight excluding hydrogens is 412 g/mol. The average molecular weight is 427 g/mol. The summed E-state index contributed by atoms with van der Waals surface area (Å²) in [5.41, 5.74) is 0.807. The molecule has 0 saturated carbocycles. The predicted octanol–water partition coefficient (Wildman–Crippen LogP) is 4.07. The largest absolute Gasteiger partial charge is 0.360 e. The minimum atomic E-state index is -0.295. The molecule has 1 amide bonds. The third-order valence-corrected chi connectivity index (χ3v) is 5.32. The van der Waals surface area contributed by atoms with Gasteiger partial charge in [-0.1, -0.05) is 52.8 Å². The van der Waals surface area contributed by atoms with E-state index < -0.39 is 0 Å². The smallest absolute Gasteiger partial charge is 0.266 e. The maximum absolute atomic E-state index is 13.2. The van der Waals surface area contributed by atoms with Crippen molar-refractivity contribution in [3.63, 3.8) is 0 Å². The number of hydrogen-bond acceptors (Lipinski definition) is 6. The van der Waals surface area contributed by atoms with Crippen molar-refractivity contribution in [2.45, 2.75) is 12.1 Å². The molecule has 7 nitrogen and oxygen atoms in total. The molecule has 0 saturated heterocycles. The Kier molecular flexibility index (Phi) is 5.37. The molecule has 2 heterocycles. The van der Waals surface area contributed by atoms with Crippen LogP contribution in [0.2, 0.25) is 5.02 Å². The number of nitrogens with zero attached hydrogens (tertiary/aromatic N) is 3. The van der Waals surface area contributed by atoms with Crippen LogP contribution in [-0.2, 0) is 4.79 Å². The third kappa shape index (κ3) is 4.03. The zero-order chi connectivity index (χ0) is 20.4. The van der Waals surface area contributed by atoms with Crippen molar-refractivity contribution in [2.24, 2.45) is 0 Å². The summed E-state index contributed by atoms with van der Waals surface area (Å²) in [6.07, 6.45) is 0. The monoisotopic (exact) mass is 426 g/mol. The molecule has 2 aromatic carbocycles. The number of thioether (sulfide) groups is 1. The fourth-order valence-corrected chi connectivity index (χ4v) is 3.81. The second kappa shape index (κ2) is 8.10. The van der Waals surface area contributed by atoms with Gasteiger partial charge in [0.1, 0.15) is 5.76 Å². The molecule has 0 aliphatic rings. The van der Waals surface area contributed by atoms with Crippen LogP contribution in [0.5, 0.6) is 0 Å². The lowest BCUT2D eigenvalue weighted by molar-refractivity contribution is -0.113. The molecule has 0 fully saturated rings. The molecule has 0 spiro atoms. The Labute approximate surface area is 174 Å². The normalized spacial score (nSPS) is 11.0. The molecule has 146 valence electrons. The lowest BCUT2D eigenvalue weighted by Gasteiger charge is -2.14. The summed E-state index contributed by atoms with van der Waals surface area (Å²) in [5.74, 6) is 0.664. The van der Waals surface area contributed by atoms with Crippen LogP contribution in [-0.4, -0.2) is 26.4 Å². The van der Waals surface area contributed by atoms with Gasteiger partial charge in [0.05, 0.1) is 27.4 Å². The van der Waals surface area contributed by atoms with Crippen molar-refractivity contribution in [1.82, 2.24) is 14.7 Å². The SMILES string of the molecule is Cc1cc(NC(=O)CSc2nc3ccccc3c(=O)n2-c2ccccc2Cl)no1. The van der Waals surface area contributed by atoms with E-state index in [0.29, 0.717) is 38.3 Å². The molecular formula is C20H15ClN4O3S. The fourth-order valence-electron chi connectivity index (χ4n) is 2.79. The number of aromatic nitrogens is 3. The number of amides is 1. The van der Waals surface area contributed by atoms with Gasteiger partial charge in [0.15, 0.2) is 11.0 Å². The molecule has 0 unspecified atom stereocenters. The van der Waals surface area contributed by atoms with Gasteiger partial charge in [0.25, 0.3) is 5.56 Å². The highest BCUT2D eigenvalue weighted by Crippen LogP contribution is 2.25. The topological polar surface area (TPSA) is 90.0 Å². The van der Waals surface area contributed by atoms with E-state index in [4.69, 9.17) is 16.1 Å². The van der Waals surface area contributed by atoms with Crippen LogP contribution < -0.4 is 10.9 Å². The maximum Gasteiger partial charge on any atom is 0.266 e. The summed E-state index contributed by atoms with van der Waals surface area (Å²) in [6, 6.07) is 15.7. The Bertz CT molecular complexity index is 1270. The first-order valence-electron chi connectivity index (χ1n) is 8.65. The Hall–Kier alpha value is -3.10. The minimum absolute atomic E-state index is 0.0289. The molecule has 0 atom stereocenters. The quantitative estimate of drug-likeness (QED) is 0.382. The van der Waals surface area contributed by atoms with Crippen LogP contribution in [0.3, 0.4) is 0 Å². The first kappa shape index (κ1) is 19.2. The number of benzene rings is 2. The summed E-state index contributed by atoms with van der Waals surface area (Å²) in [7, 11) is 0. The Morgan fingerprint density at radius 3 is 2.72 bits per heavy atom.